The average molecular weight is 335 g/mol. The summed E-state index contributed by atoms with van der Waals surface area (Å²) in [5.41, 5.74) is 0.997. The summed E-state index contributed by atoms with van der Waals surface area (Å²) < 4.78 is 12.8. The van der Waals surface area contributed by atoms with Gasteiger partial charge in [-0.15, -0.1) is 0 Å². The third kappa shape index (κ3) is 5.51. The van der Waals surface area contributed by atoms with Gasteiger partial charge in [0.15, 0.2) is 0 Å². The Kier molecular flexibility index (Phi) is 6.58. The third-order valence-corrected chi connectivity index (χ3v) is 4.19. The normalized spacial score (nSPS) is 15.4. The SMILES string of the molecule is CC(C)NC(=O)N1CCC(C(=O)NCCc2ccc(F)cc2)CC1. The van der Waals surface area contributed by atoms with Crippen molar-refractivity contribution in [3.8, 4) is 0 Å². The number of amides is 3. The van der Waals surface area contributed by atoms with Crippen LogP contribution in [0.5, 0.6) is 0 Å². The average Bonchev–Trinajstić information content (AvgIpc) is 2.56. The fourth-order valence-electron chi connectivity index (χ4n) is 2.81. The highest BCUT2D eigenvalue weighted by molar-refractivity contribution is 5.79. The molecular formula is C18H26FN3O2. The number of halogens is 1. The Bertz CT molecular complexity index is 552. The van der Waals surface area contributed by atoms with Crippen LogP contribution in [0.1, 0.15) is 32.3 Å². The molecule has 0 spiro atoms. The minimum absolute atomic E-state index is 0.0404. The minimum Gasteiger partial charge on any atom is -0.356 e. The molecule has 0 aromatic heterocycles. The number of hydrogen-bond donors (Lipinski definition) is 2. The first-order chi connectivity index (χ1) is 11.5. The zero-order valence-corrected chi connectivity index (χ0v) is 14.3. The molecule has 132 valence electrons. The van der Waals surface area contributed by atoms with Crippen LogP contribution in [0.25, 0.3) is 0 Å². The minimum atomic E-state index is -0.254. The van der Waals surface area contributed by atoms with Crippen molar-refractivity contribution in [3.05, 3.63) is 35.6 Å². The van der Waals surface area contributed by atoms with Crippen LogP contribution in [0, 0.1) is 11.7 Å². The largest absolute Gasteiger partial charge is 0.356 e. The number of rotatable bonds is 5. The number of urea groups is 1. The molecule has 1 fully saturated rings. The predicted molar refractivity (Wildman–Crippen MR) is 91.1 cm³/mol. The number of likely N-dealkylation sites (tertiary alicyclic amines) is 1. The molecule has 1 saturated heterocycles. The molecule has 2 N–H and O–H groups in total. The van der Waals surface area contributed by atoms with E-state index in [2.05, 4.69) is 10.6 Å². The summed E-state index contributed by atoms with van der Waals surface area (Å²) >= 11 is 0. The summed E-state index contributed by atoms with van der Waals surface area (Å²) in [6.45, 7) is 5.61. The second-order valence-corrected chi connectivity index (χ2v) is 6.53. The van der Waals surface area contributed by atoms with Crippen LogP contribution in [0.15, 0.2) is 24.3 Å². The second kappa shape index (κ2) is 8.66. The Morgan fingerprint density at radius 2 is 1.83 bits per heavy atom. The molecular weight excluding hydrogens is 309 g/mol. The van der Waals surface area contributed by atoms with Crippen LogP contribution >= 0.6 is 0 Å². The lowest BCUT2D eigenvalue weighted by Crippen LogP contribution is -2.48. The highest BCUT2D eigenvalue weighted by atomic mass is 19.1. The highest BCUT2D eigenvalue weighted by Crippen LogP contribution is 2.17. The zero-order valence-electron chi connectivity index (χ0n) is 14.3. The summed E-state index contributed by atoms with van der Waals surface area (Å²) in [6.07, 6.45) is 2.06. The fourth-order valence-corrected chi connectivity index (χ4v) is 2.81. The number of benzene rings is 1. The first-order valence-corrected chi connectivity index (χ1v) is 8.53. The monoisotopic (exact) mass is 335 g/mol. The van der Waals surface area contributed by atoms with Crippen LogP contribution in [0.4, 0.5) is 9.18 Å². The summed E-state index contributed by atoms with van der Waals surface area (Å²) in [5, 5.41) is 5.81. The molecule has 2 rings (SSSR count). The molecule has 3 amide bonds. The molecule has 0 atom stereocenters. The van der Waals surface area contributed by atoms with Gasteiger partial charge in [0.1, 0.15) is 5.82 Å². The number of hydrogen-bond acceptors (Lipinski definition) is 2. The summed E-state index contributed by atoms with van der Waals surface area (Å²) in [7, 11) is 0. The van der Waals surface area contributed by atoms with Crippen molar-refractivity contribution in [1.29, 1.82) is 0 Å². The van der Waals surface area contributed by atoms with Gasteiger partial charge in [0.25, 0.3) is 0 Å². The molecule has 0 saturated carbocycles. The first kappa shape index (κ1) is 18.2. The number of carbonyl (C=O) groups is 2. The van der Waals surface area contributed by atoms with E-state index in [1.54, 1.807) is 17.0 Å². The molecule has 0 radical (unpaired) electrons. The van der Waals surface area contributed by atoms with Gasteiger partial charge in [0.05, 0.1) is 0 Å². The van der Waals surface area contributed by atoms with E-state index in [0.717, 1.165) is 5.56 Å². The summed E-state index contributed by atoms with van der Waals surface area (Å²) in [5.74, 6) is -0.251. The van der Waals surface area contributed by atoms with Crippen LogP contribution in [-0.2, 0) is 11.2 Å². The quantitative estimate of drug-likeness (QED) is 0.867. The van der Waals surface area contributed by atoms with Crippen molar-refractivity contribution in [1.82, 2.24) is 15.5 Å². The van der Waals surface area contributed by atoms with Gasteiger partial charge in [-0.2, -0.15) is 0 Å². The molecule has 1 aliphatic rings. The predicted octanol–water partition coefficient (Wildman–Crippen LogP) is 2.31. The molecule has 0 aliphatic carbocycles. The van der Waals surface area contributed by atoms with Crippen molar-refractivity contribution in [3.63, 3.8) is 0 Å². The van der Waals surface area contributed by atoms with Gasteiger partial charge in [0.2, 0.25) is 5.91 Å². The Hall–Kier alpha value is -2.11. The molecule has 5 nitrogen and oxygen atoms in total. The molecule has 6 heteroatoms. The van der Waals surface area contributed by atoms with Gasteiger partial charge in [-0.3, -0.25) is 4.79 Å². The first-order valence-electron chi connectivity index (χ1n) is 8.53. The van der Waals surface area contributed by atoms with Crippen molar-refractivity contribution < 1.29 is 14.0 Å². The topological polar surface area (TPSA) is 61.4 Å². The standard InChI is InChI=1S/C18H26FN3O2/c1-13(2)21-18(24)22-11-8-15(9-12-22)17(23)20-10-7-14-3-5-16(19)6-4-14/h3-6,13,15H,7-12H2,1-2H3,(H,20,23)(H,21,24). The van der Waals surface area contributed by atoms with Gasteiger partial charge < -0.3 is 15.5 Å². The third-order valence-electron chi connectivity index (χ3n) is 4.19. The van der Waals surface area contributed by atoms with E-state index in [1.165, 1.54) is 12.1 Å². The van der Waals surface area contributed by atoms with Gasteiger partial charge in [-0.05, 0) is 50.8 Å². The molecule has 1 aliphatic heterocycles. The summed E-state index contributed by atoms with van der Waals surface area (Å²) in [4.78, 5) is 25.9. The lowest BCUT2D eigenvalue weighted by Gasteiger charge is -2.32. The maximum Gasteiger partial charge on any atom is 0.317 e. The van der Waals surface area contributed by atoms with E-state index in [9.17, 15) is 14.0 Å². The van der Waals surface area contributed by atoms with Gasteiger partial charge in [-0.25, -0.2) is 9.18 Å². The van der Waals surface area contributed by atoms with Crippen LogP contribution in [-0.4, -0.2) is 42.5 Å². The molecule has 1 aromatic rings. The Morgan fingerprint density at radius 1 is 1.21 bits per heavy atom. The molecule has 1 heterocycles. The number of nitrogens with one attached hydrogen (secondary N) is 2. The molecule has 24 heavy (non-hydrogen) atoms. The second-order valence-electron chi connectivity index (χ2n) is 6.53. The van der Waals surface area contributed by atoms with Crippen LogP contribution in [0.2, 0.25) is 0 Å². The van der Waals surface area contributed by atoms with E-state index >= 15 is 0 Å². The van der Waals surface area contributed by atoms with Crippen molar-refractivity contribution in [2.75, 3.05) is 19.6 Å². The Labute approximate surface area is 142 Å². The fraction of sp³-hybridized carbons (Fsp3) is 0.556. The number of carbonyl (C=O) groups excluding carboxylic acids is 2. The van der Waals surface area contributed by atoms with Gasteiger partial charge in [-0.1, -0.05) is 12.1 Å². The number of piperidine rings is 1. The maximum absolute atomic E-state index is 12.8. The summed E-state index contributed by atoms with van der Waals surface area (Å²) in [6, 6.07) is 6.37. The Morgan fingerprint density at radius 3 is 2.42 bits per heavy atom. The highest BCUT2D eigenvalue weighted by Gasteiger charge is 2.27. The van der Waals surface area contributed by atoms with Gasteiger partial charge >= 0.3 is 6.03 Å². The van der Waals surface area contributed by atoms with E-state index in [4.69, 9.17) is 0 Å². The van der Waals surface area contributed by atoms with Gasteiger partial charge in [0, 0.05) is 31.6 Å². The Balaban J connectivity index is 1.69. The smallest absolute Gasteiger partial charge is 0.317 e. The van der Waals surface area contributed by atoms with Crippen molar-refractivity contribution in [2.24, 2.45) is 5.92 Å². The van der Waals surface area contributed by atoms with E-state index in [0.29, 0.717) is 38.9 Å². The molecule has 1 aromatic carbocycles. The van der Waals surface area contributed by atoms with Crippen molar-refractivity contribution in [2.45, 2.75) is 39.2 Å². The van der Waals surface area contributed by atoms with Crippen LogP contribution in [0.3, 0.4) is 0 Å². The van der Waals surface area contributed by atoms with E-state index < -0.39 is 0 Å². The van der Waals surface area contributed by atoms with Crippen molar-refractivity contribution >= 4 is 11.9 Å². The van der Waals surface area contributed by atoms with E-state index in [1.807, 2.05) is 13.8 Å². The van der Waals surface area contributed by atoms with E-state index in [-0.39, 0.29) is 29.7 Å². The van der Waals surface area contributed by atoms with Crippen LogP contribution < -0.4 is 10.6 Å². The number of nitrogens with zero attached hydrogens (tertiary/aromatic N) is 1. The lowest BCUT2D eigenvalue weighted by molar-refractivity contribution is -0.126. The molecule has 0 unspecified atom stereocenters. The maximum atomic E-state index is 12.8. The lowest BCUT2D eigenvalue weighted by atomic mass is 9.96. The molecule has 0 bridgehead atoms. The zero-order chi connectivity index (χ0) is 17.5.